The van der Waals surface area contributed by atoms with E-state index in [0.717, 1.165) is 5.56 Å². The number of carbonyl (C=O) groups is 5. The second-order valence-corrected chi connectivity index (χ2v) is 8.28. The van der Waals surface area contributed by atoms with E-state index in [4.69, 9.17) is 11.5 Å². The first kappa shape index (κ1) is 26.7. The first-order chi connectivity index (χ1) is 16.0. The van der Waals surface area contributed by atoms with Gasteiger partial charge in [0.2, 0.25) is 23.6 Å². The number of carboxylic acids is 1. The molecular formula is C22H31N5O7. The standard InChI is InChI=1S/C22H31N5O7/c1-12(28)18(26-19(30)14(23)10-13-6-3-2-4-7-13)21(32)27-9-5-8-16(27)20(31)25-15(22(33)34)11-17(24)29/h2-4,6-7,12,14-16,18,28H,5,8-11,23H2,1H3,(H2,24,29)(H,25,31)(H,26,30)(H,33,34). The Morgan fingerprint density at radius 3 is 2.35 bits per heavy atom. The second kappa shape index (κ2) is 12.1. The van der Waals surface area contributed by atoms with Crippen LogP contribution in [0.5, 0.6) is 0 Å². The Hall–Kier alpha value is -3.51. The topological polar surface area (TPSA) is 205 Å². The molecule has 1 saturated heterocycles. The minimum Gasteiger partial charge on any atom is -0.480 e. The number of nitrogens with one attached hydrogen (secondary N) is 2. The Labute approximate surface area is 196 Å². The number of primary amides is 1. The van der Waals surface area contributed by atoms with E-state index in [1.807, 2.05) is 6.07 Å². The number of likely N-dealkylation sites (tertiary alicyclic amines) is 1. The number of carboxylic acid groups (broad SMARTS) is 1. The van der Waals surface area contributed by atoms with Gasteiger partial charge < -0.3 is 37.2 Å². The molecule has 0 saturated carbocycles. The van der Waals surface area contributed by atoms with Crippen LogP contribution in [0.25, 0.3) is 0 Å². The molecule has 1 aromatic carbocycles. The van der Waals surface area contributed by atoms with Crippen LogP contribution in [0.4, 0.5) is 0 Å². The number of aliphatic hydroxyl groups is 1. The summed E-state index contributed by atoms with van der Waals surface area (Å²) in [5, 5.41) is 24.1. The summed E-state index contributed by atoms with van der Waals surface area (Å²) < 4.78 is 0. The van der Waals surface area contributed by atoms with Gasteiger partial charge in [-0.3, -0.25) is 19.2 Å². The highest BCUT2D eigenvalue weighted by Gasteiger charge is 2.40. The lowest BCUT2D eigenvalue weighted by Crippen LogP contribution is -2.59. The highest BCUT2D eigenvalue weighted by molar-refractivity contribution is 5.95. The van der Waals surface area contributed by atoms with Crippen LogP contribution in [0.3, 0.4) is 0 Å². The van der Waals surface area contributed by atoms with Crippen LogP contribution in [0.2, 0.25) is 0 Å². The van der Waals surface area contributed by atoms with Crippen LogP contribution in [0.1, 0.15) is 31.7 Å². The van der Waals surface area contributed by atoms with E-state index in [-0.39, 0.29) is 19.4 Å². The number of nitrogens with zero attached hydrogens (tertiary/aromatic N) is 1. The summed E-state index contributed by atoms with van der Waals surface area (Å²) in [4.78, 5) is 62.1. The van der Waals surface area contributed by atoms with E-state index in [1.165, 1.54) is 11.8 Å². The van der Waals surface area contributed by atoms with E-state index >= 15 is 0 Å². The third kappa shape index (κ3) is 7.25. The number of amides is 4. The van der Waals surface area contributed by atoms with Crippen molar-refractivity contribution in [1.82, 2.24) is 15.5 Å². The van der Waals surface area contributed by atoms with Gasteiger partial charge in [0.15, 0.2) is 0 Å². The van der Waals surface area contributed by atoms with Gasteiger partial charge in [-0.1, -0.05) is 30.3 Å². The lowest BCUT2D eigenvalue weighted by molar-refractivity contribution is -0.146. The zero-order chi connectivity index (χ0) is 25.4. The molecule has 8 N–H and O–H groups in total. The van der Waals surface area contributed by atoms with Gasteiger partial charge >= 0.3 is 5.97 Å². The van der Waals surface area contributed by atoms with E-state index in [2.05, 4.69) is 10.6 Å². The van der Waals surface area contributed by atoms with Gasteiger partial charge in [-0.15, -0.1) is 0 Å². The Balaban J connectivity index is 2.08. The molecule has 34 heavy (non-hydrogen) atoms. The number of benzene rings is 1. The molecule has 12 nitrogen and oxygen atoms in total. The number of aliphatic carboxylic acids is 1. The molecule has 186 valence electrons. The smallest absolute Gasteiger partial charge is 0.326 e. The largest absolute Gasteiger partial charge is 0.480 e. The van der Waals surface area contributed by atoms with Crippen molar-refractivity contribution in [3.8, 4) is 0 Å². The predicted octanol–water partition coefficient (Wildman–Crippen LogP) is -2.14. The molecule has 12 heteroatoms. The Morgan fingerprint density at radius 1 is 1.15 bits per heavy atom. The van der Waals surface area contributed by atoms with Crippen LogP contribution in [-0.4, -0.2) is 81.5 Å². The molecule has 1 aliphatic rings. The van der Waals surface area contributed by atoms with E-state index in [0.29, 0.717) is 6.42 Å². The summed E-state index contributed by atoms with van der Waals surface area (Å²) in [6, 6.07) is 4.15. The molecule has 0 bridgehead atoms. The second-order valence-electron chi connectivity index (χ2n) is 8.28. The number of hydrogen-bond acceptors (Lipinski definition) is 7. The van der Waals surface area contributed by atoms with Crippen LogP contribution < -0.4 is 22.1 Å². The van der Waals surface area contributed by atoms with Crippen molar-refractivity contribution >= 4 is 29.6 Å². The van der Waals surface area contributed by atoms with Gasteiger partial charge in [-0.2, -0.15) is 0 Å². The van der Waals surface area contributed by atoms with E-state index in [1.54, 1.807) is 24.3 Å². The Kier molecular flexibility index (Phi) is 9.51. The van der Waals surface area contributed by atoms with Crippen molar-refractivity contribution in [3.63, 3.8) is 0 Å². The SMILES string of the molecule is CC(O)C(NC(=O)C(N)Cc1ccccc1)C(=O)N1CCCC1C(=O)NC(CC(N)=O)C(=O)O. The van der Waals surface area contributed by atoms with E-state index < -0.39 is 66.3 Å². The number of nitrogens with two attached hydrogens (primary N) is 2. The summed E-state index contributed by atoms with van der Waals surface area (Å²) in [6.07, 6.45) is -0.974. The number of aliphatic hydroxyl groups excluding tert-OH is 1. The summed E-state index contributed by atoms with van der Waals surface area (Å²) in [5.41, 5.74) is 11.8. The predicted molar refractivity (Wildman–Crippen MR) is 120 cm³/mol. The number of carbonyl (C=O) groups excluding carboxylic acids is 4. The van der Waals surface area contributed by atoms with Gasteiger partial charge in [-0.25, -0.2) is 4.79 Å². The average molecular weight is 478 g/mol. The average Bonchev–Trinajstić information content (AvgIpc) is 3.26. The molecule has 2 rings (SSSR count). The van der Waals surface area contributed by atoms with Crippen molar-refractivity contribution in [2.75, 3.05) is 6.54 Å². The minimum absolute atomic E-state index is 0.166. The van der Waals surface area contributed by atoms with Crippen LogP contribution in [-0.2, 0) is 30.4 Å². The van der Waals surface area contributed by atoms with E-state index in [9.17, 15) is 34.2 Å². The molecule has 5 atom stereocenters. The van der Waals surface area contributed by atoms with Crippen molar-refractivity contribution in [2.45, 2.75) is 62.9 Å². The van der Waals surface area contributed by atoms with Crippen molar-refractivity contribution in [1.29, 1.82) is 0 Å². The highest BCUT2D eigenvalue weighted by Crippen LogP contribution is 2.20. The van der Waals surface area contributed by atoms with Crippen molar-refractivity contribution < 1.29 is 34.2 Å². The summed E-state index contributed by atoms with van der Waals surface area (Å²) >= 11 is 0. The maximum absolute atomic E-state index is 13.2. The van der Waals surface area contributed by atoms with Gasteiger partial charge in [-0.05, 0) is 31.7 Å². The van der Waals surface area contributed by atoms with Gasteiger partial charge in [0.05, 0.1) is 18.6 Å². The fraction of sp³-hybridized carbons (Fsp3) is 0.500. The Morgan fingerprint density at radius 2 is 1.79 bits per heavy atom. The molecule has 1 heterocycles. The maximum atomic E-state index is 13.2. The summed E-state index contributed by atoms with van der Waals surface area (Å²) in [7, 11) is 0. The molecule has 0 spiro atoms. The Bertz CT molecular complexity index is 908. The molecule has 0 radical (unpaired) electrons. The molecular weight excluding hydrogens is 446 g/mol. The lowest BCUT2D eigenvalue weighted by Gasteiger charge is -2.31. The third-order valence-electron chi connectivity index (χ3n) is 5.54. The monoisotopic (exact) mass is 477 g/mol. The van der Waals surface area contributed by atoms with Crippen molar-refractivity contribution in [3.05, 3.63) is 35.9 Å². The molecule has 1 aromatic rings. The van der Waals surface area contributed by atoms with Crippen molar-refractivity contribution in [2.24, 2.45) is 11.5 Å². The third-order valence-corrected chi connectivity index (χ3v) is 5.54. The lowest BCUT2D eigenvalue weighted by atomic mass is 10.0. The highest BCUT2D eigenvalue weighted by atomic mass is 16.4. The van der Waals surface area contributed by atoms with Gasteiger partial charge in [0.25, 0.3) is 0 Å². The minimum atomic E-state index is -1.54. The quantitative estimate of drug-likeness (QED) is 0.207. The zero-order valence-electron chi connectivity index (χ0n) is 18.8. The number of rotatable bonds is 11. The molecule has 1 aliphatic heterocycles. The molecule has 4 amide bonds. The fourth-order valence-corrected chi connectivity index (χ4v) is 3.76. The van der Waals surface area contributed by atoms with Crippen LogP contribution in [0.15, 0.2) is 30.3 Å². The fourth-order valence-electron chi connectivity index (χ4n) is 3.76. The molecule has 1 fully saturated rings. The summed E-state index contributed by atoms with van der Waals surface area (Å²) in [5.74, 6) is -4.46. The molecule has 0 aliphatic carbocycles. The number of hydrogen-bond donors (Lipinski definition) is 6. The normalized spacial score (nSPS) is 18.9. The van der Waals surface area contributed by atoms with Gasteiger partial charge in [0, 0.05) is 6.54 Å². The molecule has 5 unspecified atom stereocenters. The van der Waals surface area contributed by atoms with Crippen LogP contribution >= 0.6 is 0 Å². The first-order valence-electron chi connectivity index (χ1n) is 10.9. The van der Waals surface area contributed by atoms with Crippen LogP contribution in [0, 0.1) is 0 Å². The zero-order valence-corrected chi connectivity index (χ0v) is 18.8. The molecule has 0 aromatic heterocycles. The summed E-state index contributed by atoms with van der Waals surface area (Å²) in [6.45, 7) is 1.49. The maximum Gasteiger partial charge on any atom is 0.326 e. The van der Waals surface area contributed by atoms with Gasteiger partial charge in [0.1, 0.15) is 18.1 Å². The first-order valence-corrected chi connectivity index (χ1v) is 10.9.